The summed E-state index contributed by atoms with van der Waals surface area (Å²) >= 11 is 0. The number of benzene rings is 3. The fraction of sp³-hybridized carbons (Fsp3) is 0.474. The van der Waals surface area contributed by atoms with Gasteiger partial charge in [0.15, 0.2) is 0 Å². The van der Waals surface area contributed by atoms with E-state index in [0.29, 0.717) is 0 Å². The van der Waals surface area contributed by atoms with Crippen molar-refractivity contribution in [2.45, 2.75) is 103 Å². The molecule has 216 valence electrons. The van der Waals surface area contributed by atoms with Crippen molar-refractivity contribution in [3.8, 4) is 22.3 Å². The Bertz CT molecular complexity index is 1280. The zero-order valence-electron chi connectivity index (χ0n) is 26.1. The van der Waals surface area contributed by atoms with E-state index in [4.69, 9.17) is 12.6 Å². The molecule has 0 amide bonds. The zero-order valence-corrected chi connectivity index (χ0v) is 26.1. The number of anilines is 2. The van der Waals surface area contributed by atoms with Gasteiger partial charge in [-0.3, -0.25) is 0 Å². The summed E-state index contributed by atoms with van der Waals surface area (Å²) < 4.78 is 6.09. The van der Waals surface area contributed by atoms with Gasteiger partial charge in [-0.25, -0.2) is 0 Å². The van der Waals surface area contributed by atoms with Crippen LogP contribution in [0.5, 0.6) is 0 Å². The van der Waals surface area contributed by atoms with Crippen LogP contribution in [0.2, 0.25) is 0 Å². The largest absolute Gasteiger partial charge is 0.380 e. The number of hydrogen-bond donors (Lipinski definition) is 0. The topological polar surface area (TPSA) is 12.5 Å². The Balaban J connectivity index is 1.52. The van der Waals surface area contributed by atoms with E-state index in [9.17, 15) is 0 Å². The third-order valence-electron chi connectivity index (χ3n) is 8.76. The van der Waals surface area contributed by atoms with Crippen LogP contribution < -0.4 is 4.90 Å². The second kappa shape index (κ2) is 15.5. The molecule has 1 heterocycles. The molecule has 0 spiro atoms. The van der Waals surface area contributed by atoms with Gasteiger partial charge in [0, 0.05) is 36.7 Å². The van der Waals surface area contributed by atoms with Crippen LogP contribution >= 0.6 is 0 Å². The van der Waals surface area contributed by atoms with Gasteiger partial charge in [-0.15, -0.1) is 0 Å². The first-order chi connectivity index (χ1) is 20.0. The summed E-state index contributed by atoms with van der Waals surface area (Å²) in [6.07, 6.45) is 19.0. The number of nitrogens with zero attached hydrogens (tertiary/aromatic N) is 1. The Labute approximate surface area is 251 Å². The van der Waals surface area contributed by atoms with E-state index >= 15 is 0 Å². The molecule has 0 saturated carbocycles. The van der Waals surface area contributed by atoms with Crippen molar-refractivity contribution in [2.75, 3.05) is 19.1 Å². The van der Waals surface area contributed by atoms with Crippen LogP contribution in [0, 0.1) is 0 Å². The summed E-state index contributed by atoms with van der Waals surface area (Å²) in [7, 11) is 11.0. The van der Waals surface area contributed by atoms with Crippen LogP contribution in [0.4, 0.5) is 11.4 Å². The van der Waals surface area contributed by atoms with Crippen molar-refractivity contribution in [1.82, 2.24) is 0 Å². The molecule has 3 aromatic carbocycles. The van der Waals surface area contributed by atoms with E-state index < -0.39 is 5.50 Å². The quantitative estimate of drug-likeness (QED) is 0.100. The van der Waals surface area contributed by atoms with Crippen LogP contribution in [0.1, 0.15) is 103 Å². The maximum Gasteiger partial charge on any atom is 0.126 e. The summed E-state index contributed by atoms with van der Waals surface area (Å²) in [5.41, 5.74) is 8.72. The monoisotopic (exact) mass is 547 g/mol. The summed E-state index contributed by atoms with van der Waals surface area (Å²) in [5.74, 6) is 0. The molecule has 1 unspecified atom stereocenters. The summed E-state index contributed by atoms with van der Waals surface area (Å²) in [6, 6.07) is 24.0. The third-order valence-corrected chi connectivity index (χ3v) is 8.76. The van der Waals surface area contributed by atoms with Gasteiger partial charge in [0.2, 0.25) is 0 Å². The fourth-order valence-electron chi connectivity index (χ4n) is 6.36. The van der Waals surface area contributed by atoms with E-state index in [0.717, 1.165) is 24.8 Å². The Morgan fingerprint density at radius 2 is 1.24 bits per heavy atom. The molecule has 0 N–H and O–H groups in total. The maximum absolute atomic E-state index is 7.07. The Morgan fingerprint density at radius 3 is 1.88 bits per heavy atom. The molecule has 41 heavy (non-hydrogen) atoms. The highest BCUT2D eigenvalue weighted by Crippen LogP contribution is 2.47. The highest BCUT2D eigenvalue weighted by atomic mass is 16.5. The molecular formula is C38H50BNO. The molecule has 2 nitrogen and oxygen atoms in total. The van der Waals surface area contributed by atoms with Gasteiger partial charge < -0.3 is 9.64 Å². The Kier molecular flexibility index (Phi) is 11.7. The predicted octanol–water partition coefficient (Wildman–Crippen LogP) is 11.1. The second-order valence-corrected chi connectivity index (χ2v) is 11.8. The number of para-hydroxylation sites is 1. The van der Waals surface area contributed by atoms with Gasteiger partial charge in [-0.2, -0.15) is 0 Å². The smallest absolute Gasteiger partial charge is 0.126 e. The number of fused-ring (bicyclic) bond motifs is 5. The molecule has 3 heteroatoms. The Hall–Kier alpha value is -2.78. The second-order valence-electron chi connectivity index (χ2n) is 11.8. The van der Waals surface area contributed by atoms with E-state index in [-0.39, 0.29) is 0 Å². The number of unbranched alkanes of at least 4 members (excludes halogenated alkanes) is 9. The molecule has 1 aliphatic rings. The Morgan fingerprint density at radius 1 is 0.683 bits per heavy atom. The molecule has 4 rings (SSSR count). The molecular weight excluding hydrogens is 497 g/mol. The van der Waals surface area contributed by atoms with Crippen LogP contribution in [0.25, 0.3) is 22.3 Å². The van der Waals surface area contributed by atoms with Crippen molar-refractivity contribution in [3.63, 3.8) is 0 Å². The first-order valence-corrected chi connectivity index (χ1v) is 16.1. The minimum atomic E-state index is -0.968. The van der Waals surface area contributed by atoms with Crippen LogP contribution in [0.3, 0.4) is 0 Å². The summed E-state index contributed by atoms with van der Waals surface area (Å²) in [4.78, 5) is 2.29. The lowest BCUT2D eigenvalue weighted by Crippen LogP contribution is -2.27. The van der Waals surface area contributed by atoms with E-state index in [2.05, 4.69) is 98.6 Å². The maximum atomic E-state index is 7.07. The van der Waals surface area contributed by atoms with E-state index in [1.54, 1.807) is 7.11 Å². The lowest BCUT2D eigenvalue weighted by atomic mass is 9.72. The highest BCUT2D eigenvalue weighted by molar-refractivity contribution is 6.16. The number of methoxy groups -OCH3 is 1. The van der Waals surface area contributed by atoms with Crippen molar-refractivity contribution >= 4 is 19.2 Å². The molecule has 1 atom stereocenters. The fourth-order valence-corrected chi connectivity index (χ4v) is 6.36. The van der Waals surface area contributed by atoms with Gasteiger partial charge in [0.25, 0.3) is 0 Å². The average Bonchev–Trinajstić information content (AvgIpc) is 3.11. The lowest BCUT2D eigenvalue weighted by molar-refractivity contribution is 0.102. The van der Waals surface area contributed by atoms with Crippen LogP contribution in [-0.4, -0.2) is 22.0 Å². The van der Waals surface area contributed by atoms with Crippen molar-refractivity contribution < 1.29 is 4.74 Å². The van der Waals surface area contributed by atoms with E-state index in [1.165, 1.54) is 103 Å². The third kappa shape index (κ3) is 7.74. The van der Waals surface area contributed by atoms with Gasteiger partial charge in [-0.1, -0.05) is 138 Å². The first-order valence-electron chi connectivity index (χ1n) is 16.1. The van der Waals surface area contributed by atoms with Gasteiger partial charge in [0.05, 0.1) is 5.50 Å². The summed E-state index contributed by atoms with van der Waals surface area (Å²) in [5, 5.41) is 0. The zero-order chi connectivity index (χ0) is 29.1. The van der Waals surface area contributed by atoms with Gasteiger partial charge in [0.1, 0.15) is 7.85 Å². The normalized spacial score (nSPS) is 14.1. The molecule has 0 fully saturated rings. The molecule has 0 saturated heterocycles. The number of hydrogen-bond acceptors (Lipinski definition) is 2. The molecule has 3 aromatic rings. The number of rotatable bonds is 16. The van der Waals surface area contributed by atoms with E-state index in [1.807, 2.05) is 0 Å². The SMILES string of the molecule is [B]C(/C=C(/CCC)CCCCCCCCCCCC)(OC)c1ccc2c(c1)-c1ccccc1-c1ccccc1N2C. The van der Waals surface area contributed by atoms with Gasteiger partial charge >= 0.3 is 0 Å². The minimum absolute atomic E-state index is 0.968. The molecule has 0 bridgehead atoms. The van der Waals surface area contributed by atoms with Crippen LogP contribution in [-0.2, 0) is 10.2 Å². The van der Waals surface area contributed by atoms with Crippen molar-refractivity contribution in [2.24, 2.45) is 0 Å². The molecule has 0 aromatic heterocycles. The standard InChI is InChI=1S/C38H50BNO/c1-5-7-8-9-10-11-12-13-14-15-21-30(20-6-2)29-38(39,41-4)31-26-27-37-35(28-31)33-23-17-16-22-32(33)34-24-18-19-25-36(34)40(37)3/h16-19,22-29H,5-15,20-21H2,1-4H3/b30-29-. The number of allylic oxidation sites excluding steroid dienone is 1. The van der Waals surface area contributed by atoms with Gasteiger partial charge in [-0.05, 0) is 54.2 Å². The van der Waals surface area contributed by atoms with Crippen molar-refractivity contribution in [1.29, 1.82) is 0 Å². The molecule has 2 radical (unpaired) electrons. The first kappa shape index (κ1) is 31.2. The average molecular weight is 548 g/mol. The van der Waals surface area contributed by atoms with Crippen molar-refractivity contribution in [3.05, 3.63) is 83.9 Å². The highest BCUT2D eigenvalue weighted by Gasteiger charge is 2.28. The lowest BCUT2D eigenvalue weighted by Gasteiger charge is -2.30. The molecule has 0 aliphatic carbocycles. The molecule has 1 aliphatic heterocycles. The van der Waals surface area contributed by atoms with Crippen LogP contribution in [0.15, 0.2) is 78.4 Å². The predicted molar refractivity (Wildman–Crippen MR) is 179 cm³/mol. The minimum Gasteiger partial charge on any atom is -0.380 e. The summed E-state index contributed by atoms with van der Waals surface area (Å²) in [6.45, 7) is 4.54. The number of ether oxygens (including phenoxy) is 1.